The third-order valence-corrected chi connectivity index (χ3v) is 2.06. The lowest BCUT2D eigenvalue weighted by Crippen LogP contribution is -2.05. The van der Waals surface area contributed by atoms with Gasteiger partial charge in [-0.2, -0.15) is 10.5 Å². The smallest absolute Gasteiger partial charge is 0.218 e. The van der Waals surface area contributed by atoms with Crippen LogP contribution in [0.25, 0.3) is 5.82 Å². The van der Waals surface area contributed by atoms with Gasteiger partial charge >= 0.3 is 0 Å². The molecule has 0 aliphatic carbocycles. The molecular weight excluding hydrogens is 204 g/mol. The Bertz CT molecular complexity index is 613. The van der Waals surface area contributed by atoms with Gasteiger partial charge in [-0.05, 0) is 6.07 Å². The normalized spacial score (nSPS) is 9.38. The van der Waals surface area contributed by atoms with Crippen LogP contribution in [0.4, 0.5) is 5.69 Å². The van der Waals surface area contributed by atoms with E-state index in [9.17, 15) is 0 Å². The molecule has 0 saturated carbocycles. The molecule has 0 aromatic carbocycles. The number of aromatic nitrogens is 3. The second kappa shape index (κ2) is 3.71. The first kappa shape index (κ1) is 9.69. The molecule has 2 rings (SSSR count). The number of pyridine rings is 1. The molecule has 6 heteroatoms. The Morgan fingerprint density at radius 2 is 2.00 bits per heavy atom. The SMILES string of the molecule is N#Cc1ccnc(-n2ccnc2C#N)c1N. The van der Waals surface area contributed by atoms with Crippen LogP contribution in [-0.4, -0.2) is 14.5 Å². The quantitative estimate of drug-likeness (QED) is 0.741. The molecule has 0 fully saturated rings. The van der Waals surface area contributed by atoms with Crippen molar-refractivity contribution >= 4 is 5.69 Å². The molecule has 0 amide bonds. The predicted octanol–water partition coefficient (Wildman–Crippen LogP) is 0.593. The summed E-state index contributed by atoms with van der Waals surface area (Å²) in [6.45, 7) is 0. The first-order valence-corrected chi connectivity index (χ1v) is 4.36. The minimum Gasteiger partial charge on any atom is -0.395 e. The third kappa shape index (κ3) is 1.35. The van der Waals surface area contributed by atoms with Crippen molar-refractivity contribution in [1.82, 2.24) is 14.5 Å². The summed E-state index contributed by atoms with van der Waals surface area (Å²) in [7, 11) is 0. The highest BCUT2D eigenvalue weighted by molar-refractivity contribution is 5.63. The number of nitrogens with two attached hydrogens (primary N) is 1. The van der Waals surface area contributed by atoms with Crippen LogP contribution >= 0.6 is 0 Å². The first-order valence-electron chi connectivity index (χ1n) is 4.36. The maximum Gasteiger partial charge on any atom is 0.218 e. The van der Waals surface area contributed by atoms with Gasteiger partial charge in [-0.15, -0.1) is 0 Å². The van der Waals surface area contributed by atoms with Crippen LogP contribution in [0.15, 0.2) is 24.7 Å². The van der Waals surface area contributed by atoms with Gasteiger partial charge < -0.3 is 5.73 Å². The molecule has 0 radical (unpaired) electrons. The largest absolute Gasteiger partial charge is 0.395 e. The Morgan fingerprint density at radius 1 is 1.19 bits per heavy atom. The van der Waals surface area contributed by atoms with Crippen molar-refractivity contribution in [3.05, 3.63) is 36.0 Å². The number of rotatable bonds is 1. The van der Waals surface area contributed by atoms with Crippen molar-refractivity contribution in [2.24, 2.45) is 0 Å². The molecule has 0 saturated heterocycles. The molecule has 0 spiro atoms. The summed E-state index contributed by atoms with van der Waals surface area (Å²) in [4.78, 5) is 7.86. The van der Waals surface area contributed by atoms with E-state index in [1.165, 1.54) is 23.0 Å². The van der Waals surface area contributed by atoms with Gasteiger partial charge in [0.15, 0.2) is 5.82 Å². The minimum absolute atomic E-state index is 0.175. The summed E-state index contributed by atoms with van der Waals surface area (Å²) in [5.41, 5.74) is 6.32. The molecule has 0 aliphatic heterocycles. The van der Waals surface area contributed by atoms with Crippen molar-refractivity contribution in [2.45, 2.75) is 0 Å². The van der Waals surface area contributed by atoms with Crippen molar-refractivity contribution in [2.75, 3.05) is 5.73 Å². The standard InChI is InChI=1S/C10H6N6/c11-5-7-1-2-15-10(9(7)13)16-4-3-14-8(16)6-12/h1-4H,13H2. The molecule has 0 unspecified atom stereocenters. The van der Waals surface area contributed by atoms with Crippen LogP contribution in [0.1, 0.15) is 11.4 Å². The van der Waals surface area contributed by atoms with Crippen LogP contribution in [-0.2, 0) is 0 Å². The van der Waals surface area contributed by atoms with Crippen LogP contribution < -0.4 is 5.73 Å². The van der Waals surface area contributed by atoms with E-state index in [0.29, 0.717) is 11.4 Å². The predicted molar refractivity (Wildman–Crippen MR) is 55.2 cm³/mol. The minimum atomic E-state index is 0.175. The van der Waals surface area contributed by atoms with Crippen LogP contribution in [0.5, 0.6) is 0 Å². The number of nitrogens with zero attached hydrogens (tertiary/aromatic N) is 5. The second-order valence-corrected chi connectivity index (χ2v) is 2.94. The molecule has 0 atom stereocenters. The van der Waals surface area contributed by atoms with E-state index >= 15 is 0 Å². The lowest BCUT2D eigenvalue weighted by Gasteiger charge is -2.06. The summed E-state index contributed by atoms with van der Waals surface area (Å²) < 4.78 is 1.44. The molecule has 6 nitrogen and oxygen atoms in total. The number of hydrogen-bond acceptors (Lipinski definition) is 5. The van der Waals surface area contributed by atoms with Gasteiger partial charge in [0.2, 0.25) is 5.82 Å². The highest BCUT2D eigenvalue weighted by atomic mass is 15.1. The molecule has 76 valence electrons. The zero-order valence-corrected chi connectivity index (χ0v) is 8.12. The summed E-state index contributed by atoms with van der Waals surface area (Å²) in [5.74, 6) is 0.516. The zero-order valence-electron chi connectivity index (χ0n) is 8.12. The van der Waals surface area contributed by atoms with E-state index in [4.69, 9.17) is 16.3 Å². The van der Waals surface area contributed by atoms with Crippen LogP contribution in [0.2, 0.25) is 0 Å². The zero-order chi connectivity index (χ0) is 11.5. The number of nitrogen functional groups attached to an aromatic ring is 1. The average molecular weight is 210 g/mol. The highest BCUT2D eigenvalue weighted by Gasteiger charge is 2.11. The van der Waals surface area contributed by atoms with Crippen molar-refractivity contribution < 1.29 is 0 Å². The Balaban J connectivity index is 2.67. The average Bonchev–Trinajstić information content (AvgIpc) is 2.77. The Labute approximate surface area is 91.2 Å². The van der Waals surface area contributed by atoms with Crippen LogP contribution in [0.3, 0.4) is 0 Å². The van der Waals surface area contributed by atoms with Crippen molar-refractivity contribution in [1.29, 1.82) is 10.5 Å². The summed E-state index contributed by atoms with van der Waals surface area (Å²) in [6, 6.07) is 5.38. The maximum atomic E-state index is 8.82. The van der Waals surface area contributed by atoms with E-state index in [1.807, 2.05) is 12.1 Å². The fourth-order valence-electron chi connectivity index (χ4n) is 1.31. The topological polar surface area (TPSA) is 104 Å². The summed E-state index contributed by atoms with van der Waals surface area (Å²) in [6.07, 6.45) is 4.50. The number of imidazole rings is 1. The van der Waals surface area contributed by atoms with Gasteiger partial charge in [0.05, 0.1) is 11.3 Å². The fraction of sp³-hybridized carbons (Fsp3) is 0. The van der Waals surface area contributed by atoms with Crippen molar-refractivity contribution in [3.63, 3.8) is 0 Å². The van der Waals surface area contributed by atoms with Gasteiger partial charge in [-0.3, -0.25) is 4.57 Å². The molecule has 2 N–H and O–H groups in total. The van der Waals surface area contributed by atoms with E-state index in [0.717, 1.165) is 0 Å². The number of nitriles is 2. The Hall–Kier alpha value is -2.86. The Morgan fingerprint density at radius 3 is 2.69 bits per heavy atom. The molecule has 2 aromatic rings. The highest BCUT2D eigenvalue weighted by Crippen LogP contribution is 2.19. The van der Waals surface area contributed by atoms with Crippen molar-refractivity contribution in [3.8, 4) is 18.0 Å². The maximum absolute atomic E-state index is 8.82. The molecule has 0 aliphatic rings. The van der Waals surface area contributed by atoms with Gasteiger partial charge in [-0.1, -0.05) is 0 Å². The van der Waals surface area contributed by atoms with Gasteiger partial charge in [0.1, 0.15) is 12.1 Å². The monoisotopic (exact) mass is 210 g/mol. The molecule has 2 aromatic heterocycles. The van der Waals surface area contributed by atoms with Gasteiger partial charge in [-0.25, -0.2) is 9.97 Å². The second-order valence-electron chi connectivity index (χ2n) is 2.94. The van der Waals surface area contributed by atoms with Gasteiger partial charge in [0.25, 0.3) is 0 Å². The molecular formula is C10H6N6. The molecule has 0 bridgehead atoms. The third-order valence-electron chi connectivity index (χ3n) is 2.06. The lowest BCUT2D eigenvalue weighted by atomic mass is 10.2. The van der Waals surface area contributed by atoms with E-state index in [1.54, 1.807) is 6.20 Å². The van der Waals surface area contributed by atoms with E-state index in [2.05, 4.69) is 9.97 Å². The molecule has 2 heterocycles. The fourth-order valence-corrected chi connectivity index (χ4v) is 1.31. The van der Waals surface area contributed by atoms with E-state index < -0.39 is 0 Å². The van der Waals surface area contributed by atoms with E-state index in [-0.39, 0.29) is 11.5 Å². The number of anilines is 1. The number of hydrogen-bond donors (Lipinski definition) is 1. The Kier molecular flexibility index (Phi) is 2.25. The summed E-state index contributed by atoms with van der Waals surface area (Å²) >= 11 is 0. The van der Waals surface area contributed by atoms with Crippen LogP contribution in [0, 0.1) is 22.7 Å². The first-order chi connectivity index (χ1) is 7.77. The van der Waals surface area contributed by atoms with Gasteiger partial charge in [0, 0.05) is 18.6 Å². The molecule has 16 heavy (non-hydrogen) atoms. The lowest BCUT2D eigenvalue weighted by molar-refractivity contribution is 0.970. The summed E-state index contributed by atoms with van der Waals surface area (Å²) in [5, 5.41) is 17.6.